The molecule has 0 radical (unpaired) electrons. The molecule has 0 spiro atoms. The van der Waals surface area contributed by atoms with E-state index in [2.05, 4.69) is 43.4 Å². The van der Waals surface area contributed by atoms with E-state index in [1.54, 1.807) is 0 Å². The molecule has 1 N–H and O–H groups in total. The highest BCUT2D eigenvalue weighted by Crippen LogP contribution is 2.22. The Morgan fingerprint density at radius 3 is 2.50 bits per heavy atom. The summed E-state index contributed by atoms with van der Waals surface area (Å²) in [6, 6.07) is 9.02. The Balaban J connectivity index is 2.00. The molecule has 1 unspecified atom stereocenters. The van der Waals surface area contributed by atoms with E-state index in [1.807, 2.05) is 0 Å². The molecule has 0 aromatic heterocycles. The molecule has 3 heteroatoms. The highest BCUT2D eigenvalue weighted by Gasteiger charge is 2.22. The lowest BCUT2D eigenvalue weighted by Gasteiger charge is -2.21. The van der Waals surface area contributed by atoms with Gasteiger partial charge in [0.1, 0.15) is 0 Å². The Morgan fingerprint density at radius 1 is 1.22 bits per heavy atom. The minimum absolute atomic E-state index is 0.0549. The van der Waals surface area contributed by atoms with Gasteiger partial charge in [-0.25, -0.2) is 0 Å². The maximum Gasteiger partial charge on any atom is 0.159 e. The van der Waals surface area contributed by atoms with Crippen molar-refractivity contribution in [2.45, 2.75) is 39.0 Å². The number of benzene rings is 1. The lowest BCUT2D eigenvalue weighted by Crippen LogP contribution is -2.26. The first-order valence-corrected chi connectivity index (χ1v) is 6.82. The number of nitrogens with one attached hydrogen (secondary N) is 1. The van der Waals surface area contributed by atoms with Gasteiger partial charge >= 0.3 is 0 Å². The Morgan fingerprint density at radius 2 is 1.89 bits per heavy atom. The van der Waals surface area contributed by atoms with E-state index in [-0.39, 0.29) is 6.29 Å². The van der Waals surface area contributed by atoms with Gasteiger partial charge < -0.3 is 14.8 Å². The fraction of sp³-hybridized carbons (Fsp3) is 0.600. The summed E-state index contributed by atoms with van der Waals surface area (Å²) in [5.41, 5.74) is 2.61. The van der Waals surface area contributed by atoms with Crippen molar-refractivity contribution in [3.05, 3.63) is 35.4 Å². The molecule has 18 heavy (non-hydrogen) atoms. The maximum absolute atomic E-state index is 5.55. The molecule has 0 amide bonds. The van der Waals surface area contributed by atoms with Crippen LogP contribution in [0.3, 0.4) is 0 Å². The first-order valence-electron chi connectivity index (χ1n) is 6.82. The van der Waals surface area contributed by atoms with Crippen LogP contribution in [0.15, 0.2) is 24.3 Å². The van der Waals surface area contributed by atoms with Crippen molar-refractivity contribution in [2.24, 2.45) is 0 Å². The van der Waals surface area contributed by atoms with Crippen LogP contribution in [0.4, 0.5) is 0 Å². The fourth-order valence-corrected chi connectivity index (χ4v) is 2.19. The van der Waals surface area contributed by atoms with Crippen molar-refractivity contribution < 1.29 is 9.47 Å². The van der Waals surface area contributed by atoms with Crippen LogP contribution in [0.25, 0.3) is 0 Å². The molecule has 1 atom stereocenters. The summed E-state index contributed by atoms with van der Waals surface area (Å²) in [7, 11) is 0. The third-order valence-corrected chi connectivity index (χ3v) is 3.24. The van der Waals surface area contributed by atoms with Crippen LogP contribution in [0.2, 0.25) is 0 Å². The minimum atomic E-state index is -0.0549. The second-order valence-corrected chi connectivity index (χ2v) is 4.82. The van der Waals surface area contributed by atoms with Crippen molar-refractivity contribution in [1.82, 2.24) is 5.32 Å². The summed E-state index contributed by atoms with van der Waals surface area (Å²) in [5.74, 6) is 0. The van der Waals surface area contributed by atoms with E-state index < -0.39 is 0 Å². The van der Waals surface area contributed by atoms with Gasteiger partial charge in [-0.05, 0) is 25.5 Å². The number of hydrogen-bond donors (Lipinski definition) is 1. The molecule has 100 valence electrons. The topological polar surface area (TPSA) is 30.5 Å². The molecule has 3 nitrogen and oxygen atoms in total. The molecular weight excluding hydrogens is 226 g/mol. The quantitative estimate of drug-likeness (QED) is 0.841. The molecule has 1 heterocycles. The average molecular weight is 249 g/mol. The van der Waals surface area contributed by atoms with E-state index in [0.717, 1.165) is 32.6 Å². The second kappa shape index (κ2) is 6.88. The zero-order valence-corrected chi connectivity index (χ0v) is 11.3. The van der Waals surface area contributed by atoms with Crippen LogP contribution in [-0.4, -0.2) is 26.0 Å². The van der Waals surface area contributed by atoms with Crippen molar-refractivity contribution in [2.75, 3.05) is 19.8 Å². The molecule has 2 rings (SSSR count). The van der Waals surface area contributed by atoms with E-state index in [9.17, 15) is 0 Å². The minimum Gasteiger partial charge on any atom is -0.350 e. The fourth-order valence-electron chi connectivity index (χ4n) is 2.19. The highest BCUT2D eigenvalue weighted by atomic mass is 16.7. The van der Waals surface area contributed by atoms with E-state index in [0.29, 0.717) is 6.04 Å². The molecule has 1 aliphatic rings. The molecular formula is C15H23NO2. The van der Waals surface area contributed by atoms with E-state index >= 15 is 0 Å². The molecule has 0 aliphatic carbocycles. The largest absolute Gasteiger partial charge is 0.350 e. The Kier molecular flexibility index (Phi) is 5.17. The normalized spacial score (nSPS) is 18.1. The number of aryl methyl sites for hydroxylation is 1. The standard InChI is InChI=1S/C15H23NO2/c1-3-8-16-14(11-15-17-9-10-18-15)13-6-4-12(2)5-7-13/h4-7,14-16H,3,8-11H2,1-2H3. The Bertz CT molecular complexity index is 344. The van der Waals surface area contributed by atoms with Crippen LogP contribution in [0.1, 0.15) is 36.9 Å². The molecule has 0 bridgehead atoms. The highest BCUT2D eigenvalue weighted by molar-refractivity contribution is 5.24. The van der Waals surface area contributed by atoms with Gasteiger partial charge in [-0.3, -0.25) is 0 Å². The molecule has 1 fully saturated rings. The third kappa shape index (κ3) is 3.80. The summed E-state index contributed by atoms with van der Waals surface area (Å²) in [4.78, 5) is 0. The number of hydrogen-bond acceptors (Lipinski definition) is 3. The van der Waals surface area contributed by atoms with Gasteiger partial charge in [0.25, 0.3) is 0 Å². The molecule has 1 aliphatic heterocycles. The summed E-state index contributed by atoms with van der Waals surface area (Å²) in [6.07, 6.45) is 1.96. The summed E-state index contributed by atoms with van der Waals surface area (Å²) < 4.78 is 11.1. The summed E-state index contributed by atoms with van der Waals surface area (Å²) in [5, 5.41) is 3.57. The van der Waals surface area contributed by atoms with Crippen molar-refractivity contribution in [3.63, 3.8) is 0 Å². The van der Waals surface area contributed by atoms with Gasteiger partial charge in [0.15, 0.2) is 6.29 Å². The van der Waals surface area contributed by atoms with Gasteiger partial charge in [-0.2, -0.15) is 0 Å². The van der Waals surface area contributed by atoms with E-state index in [1.165, 1.54) is 11.1 Å². The van der Waals surface area contributed by atoms with Crippen molar-refractivity contribution in [3.8, 4) is 0 Å². The second-order valence-electron chi connectivity index (χ2n) is 4.82. The zero-order valence-electron chi connectivity index (χ0n) is 11.3. The predicted octanol–water partition coefficient (Wildman–Crippen LogP) is 2.80. The van der Waals surface area contributed by atoms with Gasteiger partial charge in [0.05, 0.1) is 13.2 Å². The van der Waals surface area contributed by atoms with Gasteiger partial charge in [-0.15, -0.1) is 0 Å². The lowest BCUT2D eigenvalue weighted by molar-refractivity contribution is -0.0530. The van der Waals surface area contributed by atoms with Gasteiger partial charge in [-0.1, -0.05) is 36.8 Å². The first-order chi connectivity index (χ1) is 8.79. The first kappa shape index (κ1) is 13.5. The number of rotatable bonds is 6. The molecule has 1 saturated heterocycles. The van der Waals surface area contributed by atoms with Crippen LogP contribution in [0.5, 0.6) is 0 Å². The maximum atomic E-state index is 5.55. The Hall–Kier alpha value is -0.900. The van der Waals surface area contributed by atoms with Gasteiger partial charge in [0.2, 0.25) is 0 Å². The van der Waals surface area contributed by atoms with Crippen molar-refractivity contribution in [1.29, 1.82) is 0 Å². The van der Waals surface area contributed by atoms with Crippen molar-refractivity contribution >= 4 is 0 Å². The smallest absolute Gasteiger partial charge is 0.159 e. The van der Waals surface area contributed by atoms with E-state index in [4.69, 9.17) is 9.47 Å². The molecule has 1 aromatic carbocycles. The van der Waals surface area contributed by atoms with Crippen LogP contribution in [-0.2, 0) is 9.47 Å². The Labute approximate surface area is 109 Å². The third-order valence-electron chi connectivity index (χ3n) is 3.24. The average Bonchev–Trinajstić information content (AvgIpc) is 2.88. The number of ether oxygens (including phenoxy) is 2. The summed E-state index contributed by atoms with van der Waals surface area (Å²) in [6.45, 7) is 6.76. The SMILES string of the molecule is CCCNC(CC1OCCO1)c1ccc(C)cc1. The summed E-state index contributed by atoms with van der Waals surface area (Å²) >= 11 is 0. The van der Waals surface area contributed by atoms with Gasteiger partial charge in [0, 0.05) is 12.5 Å². The lowest BCUT2D eigenvalue weighted by atomic mass is 10.0. The van der Waals surface area contributed by atoms with Crippen LogP contribution < -0.4 is 5.32 Å². The monoisotopic (exact) mass is 249 g/mol. The van der Waals surface area contributed by atoms with Crippen LogP contribution >= 0.6 is 0 Å². The molecule has 1 aromatic rings. The predicted molar refractivity (Wildman–Crippen MR) is 72.5 cm³/mol. The zero-order chi connectivity index (χ0) is 12.8. The van der Waals surface area contributed by atoms with Crippen LogP contribution in [0, 0.1) is 6.92 Å². The molecule has 0 saturated carbocycles.